The van der Waals surface area contributed by atoms with Crippen LogP contribution in [0.5, 0.6) is 0 Å². The van der Waals surface area contributed by atoms with Gasteiger partial charge in [0.2, 0.25) is 0 Å². The summed E-state index contributed by atoms with van der Waals surface area (Å²) in [6, 6.07) is 5.82. The molecule has 0 aliphatic carbocycles. The van der Waals surface area contributed by atoms with Crippen molar-refractivity contribution in [2.24, 2.45) is 0 Å². The molecule has 0 aliphatic rings. The lowest BCUT2D eigenvalue weighted by Crippen LogP contribution is -2.15. The van der Waals surface area contributed by atoms with E-state index in [0.29, 0.717) is 0 Å². The minimum Gasteiger partial charge on any atom is -0.435 e. The maximum atomic E-state index is 13.4. The van der Waals surface area contributed by atoms with Gasteiger partial charge in [-0.3, -0.25) is 4.79 Å². The predicted molar refractivity (Wildman–Crippen MR) is 63.0 cm³/mol. The smallest absolute Gasteiger partial charge is 0.343 e. The number of Topliss-reactive ketones (excluding diaryl/α,β-unsaturated/α-hetero) is 1. The van der Waals surface area contributed by atoms with E-state index in [2.05, 4.69) is 9.47 Å². The van der Waals surface area contributed by atoms with Gasteiger partial charge in [0.1, 0.15) is 11.4 Å². The Morgan fingerprint density at radius 3 is 2.56 bits per heavy atom. The molecule has 18 heavy (non-hydrogen) atoms. The molecule has 0 spiro atoms. The van der Waals surface area contributed by atoms with Gasteiger partial charge in [-0.05, 0) is 19.1 Å². The Morgan fingerprint density at radius 1 is 1.33 bits per heavy atom. The molecule has 1 aromatic carbocycles. The zero-order valence-corrected chi connectivity index (χ0v) is 10.1. The third-order valence-electron chi connectivity index (χ3n) is 2.11. The Balaban J connectivity index is 3.02. The second-order valence-electron chi connectivity index (χ2n) is 3.47. The summed E-state index contributed by atoms with van der Waals surface area (Å²) in [4.78, 5) is 22.9. The first-order chi connectivity index (χ1) is 8.56. The van der Waals surface area contributed by atoms with Crippen molar-refractivity contribution in [2.75, 3.05) is 13.9 Å². The van der Waals surface area contributed by atoms with Crippen LogP contribution in [0.1, 0.15) is 12.5 Å². The molecule has 1 aromatic rings. The largest absolute Gasteiger partial charge is 0.435 e. The first kappa shape index (κ1) is 14.1. The number of ether oxygens (including phenoxy) is 2. The van der Waals surface area contributed by atoms with Crippen LogP contribution in [0.3, 0.4) is 0 Å². The number of benzene rings is 1. The van der Waals surface area contributed by atoms with Gasteiger partial charge in [0.05, 0.1) is 0 Å². The minimum absolute atomic E-state index is 0.150. The molecule has 4 nitrogen and oxygen atoms in total. The Bertz CT molecular complexity index is 480. The van der Waals surface area contributed by atoms with Crippen molar-refractivity contribution < 1.29 is 23.5 Å². The fourth-order valence-corrected chi connectivity index (χ4v) is 1.24. The molecule has 0 aromatic heterocycles. The van der Waals surface area contributed by atoms with Crippen molar-refractivity contribution in [1.29, 1.82) is 0 Å². The van der Waals surface area contributed by atoms with E-state index in [1.54, 1.807) is 6.07 Å². The van der Waals surface area contributed by atoms with Crippen LogP contribution in [0.4, 0.5) is 4.39 Å². The first-order valence-corrected chi connectivity index (χ1v) is 5.19. The third kappa shape index (κ3) is 3.78. The van der Waals surface area contributed by atoms with Crippen molar-refractivity contribution in [1.82, 2.24) is 0 Å². The normalized spacial score (nSPS) is 11.2. The predicted octanol–water partition coefficient (Wildman–Crippen LogP) is 1.95. The Hall–Kier alpha value is -2.01. The molecule has 0 aliphatic heterocycles. The molecule has 0 N–H and O–H groups in total. The summed E-state index contributed by atoms with van der Waals surface area (Å²) in [5.74, 6) is -1.86. The highest BCUT2D eigenvalue weighted by Crippen LogP contribution is 2.13. The van der Waals surface area contributed by atoms with Gasteiger partial charge in [0, 0.05) is 12.7 Å². The van der Waals surface area contributed by atoms with Crippen LogP contribution >= 0.6 is 0 Å². The number of hydrogen-bond donors (Lipinski definition) is 0. The fraction of sp³-hybridized carbons (Fsp3) is 0.231. The van der Waals surface area contributed by atoms with Gasteiger partial charge in [0.15, 0.2) is 12.6 Å². The maximum Gasteiger partial charge on any atom is 0.343 e. The third-order valence-corrected chi connectivity index (χ3v) is 2.11. The molecule has 5 heteroatoms. The van der Waals surface area contributed by atoms with E-state index in [4.69, 9.17) is 0 Å². The van der Waals surface area contributed by atoms with Crippen LogP contribution in [-0.4, -0.2) is 25.7 Å². The molecular weight excluding hydrogens is 239 g/mol. The van der Waals surface area contributed by atoms with E-state index in [9.17, 15) is 14.0 Å². The molecule has 0 unspecified atom stereocenters. The van der Waals surface area contributed by atoms with Crippen LogP contribution in [0.25, 0.3) is 6.08 Å². The number of carbonyl (C=O) groups excluding carboxylic acids is 2. The van der Waals surface area contributed by atoms with Crippen molar-refractivity contribution >= 4 is 17.8 Å². The Kier molecular flexibility index (Phi) is 5.20. The van der Waals surface area contributed by atoms with Crippen LogP contribution in [0.15, 0.2) is 29.8 Å². The number of hydrogen-bond acceptors (Lipinski definition) is 4. The zero-order chi connectivity index (χ0) is 13.5. The molecule has 0 atom stereocenters. The highest BCUT2D eigenvalue weighted by molar-refractivity contribution is 6.19. The van der Waals surface area contributed by atoms with E-state index in [-0.39, 0.29) is 17.9 Å². The minimum atomic E-state index is -0.840. The number of ketones is 1. The van der Waals surface area contributed by atoms with Crippen LogP contribution in [0, 0.1) is 5.82 Å². The number of esters is 1. The maximum absolute atomic E-state index is 13.4. The van der Waals surface area contributed by atoms with E-state index in [1.807, 2.05) is 0 Å². The lowest BCUT2D eigenvalue weighted by molar-refractivity contribution is -0.149. The monoisotopic (exact) mass is 252 g/mol. The van der Waals surface area contributed by atoms with Gasteiger partial charge in [-0.2, -0.15) is 0 Å². The topological polar surface area (TPSA) is 52.6 Å². The molecule has 96 valence electrons. The molecule has 0 saturated heterocycles. The van der Waals surface area contributed by atoms with Crippen molar-refractivity contribution in [3.8, 4) is 0 Å². The molecule has 1 rings (SSSR count). The van der Waals surface area contributed by atoms with Crippen LogP contribution < -0.4 is 0 Å². The van der Waals surface area contributed by atoms with E-state index >= 15 is 0 Å². The average molecular weight is 252 g/mol. The van der Waals surface area contributed by atoms with Gasteiger partial charge in [-0.25, -0.2) is 9.18 Å². The molecule has 0 saturated carbocycles. The second-order valence-corrected chi connectivity index (χ2v) is 3.47. The summed E-state index contributed by atoms with van der Waals surface area (Å²) in [5.41, 5.74) is -0.0748. The van der Waals surface area contributed by atoms with Gasteiger partial charge in [-0.15, -0.1) is 0 Å². The quantitative estimate of drug-likeness (QED) is 0.264. The van der Waals surface area contributed by atoms with Gasteiger partial charge in [-0.1, -0.05) is 18.2 Å². The van der Waals surface area contributed by atoms with Gasteiger partial charge < -0.3 is 9.47 Å². The average Bonchev–Trinajstić information content (AvgIpc) is 2.34. The first-order valence-electron chi connectivity index (χ1n) is 5.19. The zero-order valence-electron chi connectivity index (χ0n) is 10.1. The van der Waals surface area contributed by atoms with E-state index in [0.717, 1.165) is 6.08 Å². The molecule has 0 amide bonds. The molecular formula is C13H13FO4. The van der Waals surface area contributed by atoms with Crippen LogP contribution in [-0.2, 0) is 19.1 Å². The number of methoxy groups -OCH3 is 1. The van der Waals surface area contributed by atoms with Gasteiger partial charge in [0.25, 0.3) is 0 Å². The summed E-state index contributed by atoms with van der Waals surface area (Å²) in [6.07, 6.45) is 1.16. The van der Waals surface area contributed by atoms with E-state index < -0.39 is 17.6 Å². The van der Waals surface area contributed by atoms with Gasteiger partial charge >= 0.3 is 5.97 Å². The summed E-state index contributed by atoms with van der Waals surface area (Å²) < 4.78 is 22.6. The van der Waals surface area contributed by atoms with Crippen molar-refractivity contribution in [2.45, 2.75) is 6.92 Å². The van der Waals surface area contributed by atoms with Crippen LogP contribution in [0.2, 0.25) is 0 Å². The standard InChI is InChI=1S/C13H13FO4/c1-9(15)11(13(16)18-8-17-2)7-10-5-3-4-6-12(10)14/h3-7H,8H2,1-2H3/b11-7+. The molecule has 0 fully saturated rings. The molecule has 0 radical (unpaired) electrons. The Labute approximate surface area is 104 Å². The summed E-state index contributed by atoms with van der Waals surface area (Å²) in [5, 5.41) is 0. The summed E-state index contributed by atoms with van der Waals surface area (Å²) in [6.45, 7) is 0.946. The van der Waals surface area contributed by atoms with Crippen molar-refractivity contribution in [3.63, 3.8) is 0 Å². The second kappa shape index (κ2) is 6.66. The summed E-state index contributed by atoms with van der Waals surface area (Å²) in [7, 11) is 1.35. The number of carbonyl (C=O) groups is 2. The van der Waals surface area contributed by atoms with E-state index in [1.165, 1.54) is 32.2 Å². The molecule has 0 heterocycles. The highest BCUT2D eigenvalue weighted by atomic mass is 19.1. The van der Waals surface area contributed by atoms with Crippen molar-refractivity contribution in [3.05, 3.63) is 41.2 Å². The Morgan fingerprint density at radius 2 is 2.00 bits per heavy atom. The molecule has 0 bridgehead atoms. The lowest BCUT2D eigenvalue weighted by atomic mass is 10.1. The summed E-state index contributed by atoms with van der Waals surface area (Å²) >= 11 is 0. The number of halogens is 1. The highest BCUT2D eigenvalue weighted by Gasteiger charge is 2.16. The lowest BCUT2D eigenvalue weighted by Gasteiger charge is -2.05. The number of rotatable bonds is 5. The fourth-order valence-electron chi connectivity index (χ4n) is 1.24. The SMILES string of the molecule is COCOC(=O)/C(=C/c1ccccc1F)C(C)=O.